The lowest BCUT2D eigenvalue weighted by Crippen LogP contribution is -2.23. The predicted molar refractivity (Wildman–Crippen MR) is 118 cm³/mol. The van der Waals surface area contributed by atoms with Crippen LogP contribution in [0.15, 0.2) is 85.2 Å². The van der Waals surface area contributed by atoms with E-state index in [1.807, 2.05) is 60.7 Å². The molecule has 0 aliphatic heterocycles. The fourth-order valence-corrected chi connectivity index (χ4v) is 2.75. The van der Waals surface area contributed by atoms with E-state index in [2.05, 4.69) is 10.3 Å². The number of hydrogen-bond acceptors (Lipinski definition) is 5. The SMILES string of the molecule is O=C(C=Cc1cccnc1)NCCc1cccc(OCC(=O)OCc2ccccc2)c1. The summed E-state index contributed by atoms with van der Waals surface area (Å²) in [6.45, 7) is 0.545. The number of ether oxygens (including phenoxy) is 2. The number of benzene rings is 2. The molecule has 0 saturated heterocycles. The molecule has 2 aromatic carbocycles. The van der Waals surface area contributed by atoms with Gasteiger partial charge in [0, 0.05) is 25.0 Å². The molecule has 0 aliphatic rings. The van der Waals surface area contributed by atoms with E-state index in [9.17, 15) is 9.59 Å². The Bertz CT molecular complexity index is 1000. The maximum Gasteiger partial charge on any atom is 0.344 e. The summed E-state index contributed by atoms with van der Waals surface area (Å²) in [5.74, 6) is -0.0173. The molecule has 0 radical (unpaired) electrons. The van der Waals surface area contributed by atoms with Gasteiger partial charge in [-0.25, -0.2) is 4.79 Å². The monoisotopic (exact) mass is 416 g/mol. The first-order valence-electron chi connectivity index (χ1n) is 9.96. The number of carbonyl (C=O) groups excluding carboxylic acids is 2. The van der Waals surface area contributed by atoms with E-state index >= 15 is 0 Å². The topological polar surface area (TPSA) is 77.5 Å². The van der Waals surface area contributed by atoms with Crippen LogP contribution in [0.25, 0.3) is 6.08 Å². The molecule has 0 spiro atoms. The van der Waals surface area contributed by atoms with Gasteiger partial charge in [-0.15, -0.1) is 0 Å². The minimum atomic E-state index is -0.429. The zero-order chi connectivity index (χ0) is 21.7. The van der Waals surface area contributed by atoms with Crippen molar-refractivity contribution < 1.29 is 19.1 Å². The summed E-state index contributed by atoms with van der Waals surface area (Å²) >= 11 is 0. The summed E-state index contributed by atoms with van der Waals surface area (Å²) in [6.07, 6.45) is 7.21. The molecule has 1 heterocycles. The average Bonchev–Trinajstić information content (AvgIpc) is 2.82. The molecule has 3 rings (SSSR count). The summed E-state index contributed by atoms with van der Waals surface area (Å²) in [5.41, 5.74) is 2.78. The fourth-order valence-electron chi connectivity index (χ4n) is 2.75. The molecule has 0 atom stereocenters. The fraction of sp³-hybridized carbons (Fsp3) is 0.160. The number of amides is 1. The van der Waals surface area contributed by atoms with Gasteiger partial charge >= 0.3 is 5.97 Å². The van der Waals surface area contributed by atoms with E-state index in [1.165, 1.54) is 6.08 Å². The Balaban J connectivity index is 1.38. The summed E-state index contributed by atoms with van der Waals surface area (Å²) < 4.78 is 10.7. The number of aromatic nitrogens is 1. The molecule has 1 amide bonds. The highest BCUT2D eigenvalue weighted by molar-refractivity contribution is 5.91. The number of nitrogens with zero attached hydrogens (tertiary/aromatic N) is 1. The van der Waals surface area contributed by atoms with Gasteiger partial charge < -0.3 is 14.8 Å². The molecule has 0 aliphatic carbocycles. The van der Waals surface area contributed by atoms with Gasteiger partial charge in [-0.05, 0) is 47.4 Å². The molecule has 1 N–H and O–H groups in total. The largest absolute Gasteiger partial charge is 0.482 e. The van der Waals surface area contributed by atoms with Crippen LogP contribution in [0, 0.1) is 0 Å². The lowest BCUT2D eigenvalue weighted by molar-refractivity contribution is -0.147. The second-order valence-electron chi connectivity index (χ2n) is 6.74. The second kappa shape index (κ2) is 11.9. The van der Waals surface area contributed by atoms with Crippen molar-refractivity contribution in [3.05, 3.63) is 102 Å². The highest BCUT2D eigenvalue weighted by atomic mass is 16.6. The molecule has 158 valence electrons. The zero-order valence-corrected chi connectivity index (χ0v) is 17.1. The van der Waals surface area contributed by atoms with Crippen LogP contribution in [-0.4, -0.2) is 30.0 Å². The molecule has 0 unspecified atom stereocenters. The van der Waals surface area contributed by atoms with Crippen molar-refractivity contribution >= 4 is 18.0 Å². The van der Waals surface area contributed by atoms with Crippen LogP contribution >= 0.6 is 0 Å². The summed E-state index contributed by atoms with van der Waals surface area (Å²) in [7, 11) is 0. The Labute approximate surface area is 181 Å². The third-order valence-corrected chi connectivity index (χ3v) is 4.32. The minimum absolute atomic E-state index is 0.161. The first kappa shape index (κ1) is 21.8. The Hall–Kier alpha value is -3.93. The van der Waals surface area contributed by atoms with Gasteiger partial charge in [-0.2, -0.15) is 0 Å². The first-order chi connectivity index (χ1) is 15.2. The molecule has 0 fully saturated rings. The summed E-state index contributed by atoms with van der Waals surface area (Å²) in [5, 5.41) is 2.84. The van der Waals surface area contributed by atoms with Gasteiger partial charge in [-0.1, -0.05) is 48.5 Å². The molecular formula is C25H24N2O4. The van der Waals surface area contributed by atoms with Crippen LogP contribution in [0.3, 0.4) is 0 Å². The lowest BCUT2D eigenvalue weighted by atomic mass is 10.1. The van der Waals surface area contributed by atoms with Crippen molar-refractivity contribution in [3.63, 3.8) is 0 Å². The van der Waals surface area contributed by atoms with E-state index in [0.717, 1.165) is 16.7 Å². The van der Waals surface area contributed by atoms with Gasteiger partial charge in [-0.3, -0.25) is 9.78 Å². The first-order valence-corrected chi connectivity index (χ1v) is 9.96. The van der Waals surface area contributed by atoms with Crippen molar-refractivity contribution in [2.24, 2.45) is 0 Å². The van der Waals surface area contributed by atoms with Gasteiger partial charge in [0.1, 0.15) is 12.4 Å². The van der Waals surface area contributed by atoms with Gasteiger partial charge in [0.2, 0.25) is 5.91 Å². The minimum Gasteiger partial charge on any atom is -0.482 e. The Morgan fingerprint density at radius 3 is 2.61 bits per heavy atom. The summed E-state index contributed by atoms with van der Waals surface area (Å²) in [6, 6.07) is 20.6. The number of nitrogens with one attached hydrogen (secondary N) is 1. The number of rotatable bonds is 10. The van der Waals surface area contributed by atoms with Crippen molar-refractivity contribution in [2.45, 2.75) is 13.0 Å². The standard InChI is InChI=1S/C25H24N2O4/c28-24(12-11-21-9-5-14-26-17-21)27-15-13-20-8-4-10-23(16-20)30-19-25(29)31-18-22-6-2-1-3-7-22/h1-12,14,16-17H,13,15,18-19H2,(H,27,28). The van der Waals surface area contributed by atoms with E-state index in [-0.39, 0.29) is 19.1 Å². The molecule has 1 aromatic heterocycles. The number of esters is 1. The third kappa shape index (κ3) is 8.14. The maximum atomic E-state index is 11.9. The van der Waals surface area contributed by atoms with Crippen molar-refractivity contribution in [1.82, 2.24) is 10.3 Å². The van der Waals surface area contributed by atoms with E-state index in [4.69, 9.17) is 9.47 Å². The molecule has 3 aromatic rings. The number of hydrogen-bond donors (Lipinski definition) is 1. The molecule has 31 heavy (non-hydrogen) atoms. The third-order valence-electron chi connectivity index (χ3n) is 4.32. The smallest absolute Gasteiger partial charge is 0.344 e. The van der Waals surface area contributed by atoms with Gasteiger partial charge in [0.25, 0.3) is 0 Å². The zero-order valence-electron chi connectivity index (χ0n) is 17.1. The Kier molecular flexibility index (Phi) is 8.37. The van der Waals surface area contributed by atoms with E-state index in [1.54, 1.807) is 24.5 Å². The van der Waals surface area contributed by atoms with Gasteiger partial charge in [0.15, 0.2) is 6.61 Å². The van der Waals surface area contributed by atoms with E-state index in [0.29, 0.717) is 18.7 Å². The molecule has 0 bridgehead atoms. The molecule has 6 heteroatoms. The Morgan fingerprint density at radius 2 is 1.81 bits per heavy atom. The normalized spacial score (nSPS) is 10.6. The molecule has 6 nitrogen and oxygen atoms in total. The number of carbonyl (C=O) groups is 2. The Morgan fingerprint density at radius 1 is 0.968 bits per heavy atom. The quantitative estimate of drug-likeness (QED) is 0.404. The van der Waals surface area contributed by atoms with Crippen LogP contribution in [0.1, 0.15) is 16.7 Å². The van der Waals surface area contributed by atoms with Crippen LogP contribution in [0.2, 0.25) is 0 Å². The lowest BCUT2D eigenvalue weighted by Gasteiger charge is -2.09. The van der Waals surface area contributed by atoms with Gasteiger partial charge in [0.05, 0.1) is 0 Å². The van der Waals surface area contributed by atoms with Crippen molar-refractivity contribution in [2.75, 3.05) is 13.2 Å². The molecule has 0 saturated carbocycles. The van der Waals surface area contributed by atoms with Crippen LogP contribution in [-0.2, 0) is 27.4 Å². The highest BCUT2D eigenvalue weighted by Crippen LogP contribution is 2.14. The molecular weight excluding hydrogens is 392 g/mol. The second-order valence-corrected chi connectivity index (χ2v) is 6.74. The van der Waals surface area contributed by atoms with Crippen molar-refractivity contribution in [3.8, 4) is 5.75 Å². The number of pyridine rings is 1. The van der Waals surface area contributed by atoms with Crippen LogP contribution < -0.4 is 10.1 Å². The highest BCUT2D eigenvalue weighted by Gasteiger charge is 2.06. The summed E-state index contributed by atoms with van der Waals surface area (Å²) in [4.78, 5) is 27.8. The van der Waals surface area contributed by atoms with Crippen LogP contribution in [0.4, 0.5) is 0 Å². The average molecular weight is 416 g/mol. The maximum absolute atomic E-state index is 11.9. The van der Waals surface area contributed by atoms with Crippen LogP contribution in [0.5, 0.6) is 5.75 Å². The van der Waals surface area contributed by atoms with Crippen molar-refractivity contribution in [1.29, 1.82) is 0 Å². The van der Waals surface area contributed by atoms with E-state index < -0.39 is 5.97 Å². The predicted octanol–water partition coefficient (Wildman–Crippen LogP) is 3.58.